The third-order valence-electron chi connectivity index (χ3n) is 5.13. The lowest BCUT2D eigenvalue weighted by Crippen LogP contribution is -2.26. The first-order valence-electron chi connectivity index (χ1n) is 10.6. The van der Waals surface area contributed by atoms with Gasteiger partial charge in [-0.1, -0.05) is 50.2 Å². The topological polar surface area (TPSA) is 56.2 Å². The van der Waals surface area contributed by atoms with Gasteiger partial charge in [-0.3, -0.25) is 9.78 Å². The Morgan fingerprint density at radius 2 is 1.77 bits per heavy atom. The number of aromatic nitrogens is 2. The summed E-state index contributed by atoms with van der Waals surface area (Å²) >= 11 is 0. The van der Waals surface area contributed by atoms with Gasteiger partial charge < -0.3 is 14.6 Å². The van der Waals surface area contributed by atoms with E-state index in [4.69, 9.17) is 4.74 Å². The molecule has 0 aliphatic heterocycles. The lowest BCUT2D eigenvalue weighted by Gasteiger charge is -2.14. The zero-order chi connectivity index (χ0) is 21.6. The molecule has 0 unspecified atom stereocenters. The normalized spacial score (nSPS) is 11.1. The van der Waals surface area contributed by atoms with Crippen molar-refractivity contribution < 1.29 is 9.53 Å². The number of hydrogen-bond acceptors (Lipinski definition) is 3. The highest BCUT2D eigenvalue weighted by molar-refractivity contribution is 6.00. The van der Waals surface area contributed by atoms with Gasteiger partial charge >= 0.3 is 0 Å². The van der Waals surface area contributed by atoms with Crippen LogP contribution in [0.15, 0.2) is 79.1 Å². The van der Waals surface area contributed by atoms with Gasteiger partial charge in [-0.25, -0.2) is 0 Å². The number of benzene rings is 2. The summed E-state index contributed by atoms with van der Waals surface area (Å²) in [6.45, 7) is 6.00. The van der Waals surface area contributed by atoms with E-state index in [9.17, 15) is 4.79 Å². The van der Waals surface area contributed by atoms with Crippen molar-refractivity contribution in [2.45, 2.75) is 33.5 Å². The number of carbonyl (C=O) groups is 1. The van der Waals surface area contributed by atoms with Gasteiger partial charge in [0.15, 0.2) is 0 Å². The Morgan fingerprint density at radius 1 is 1.00 bits per heavy atom. The maximum absolute atomic E-state index is 13.1. The van der Waals surface area contributed by atoms with E-state index in [-0.39, 0.29) is 5.91 Å². The van der Waals surface area contributed by atoms with Crippen molar-refractivity contribution >= 4 is 16.8 Å². The molecule has 4 aromatic rings. The molecule has 0 fully saturated rings. The molecule has 0 saturated heterocycles. The van der Waals surface area contributed by atoms with E-state index in [2.05, 4.69) is 28.7 Å². The maximum atomic E-state index is 13.1. The van der Waals surface area contributed by atoms with E-state index in [1.54, 1.807) is 12.4 Å². The summed E-state index contributed by atoms with van der Waals surface area (Å²) in [7, 11) is 0. The van der Waals surface area contributed by atoms with Crippen LogP contribution >= 0.6 is 0 Å². The number of ether oxygens (including phenoxy) is 1. The average molecular weight is 414 g/mol. The minimum Gasteiger partial charge on any atom is -0.488 e. The summed E-state index contributed by atoms with van der Waals surface area (Å²) < 4.78 is 8.23. The number of rotatable bonds is 8. The molecule has 1 N–H and O–H groups in total. The van der Waals surface area contributed by atoms with Crippen LogP contribution in [0.25, 0.3) is 10.9 Å². The Hall–Kier alpha value is -3.60. The summed E-state index contributed by atoms with van der Waals surface area (Å²) in [5, 5.41) is 3.99. The van der Waals surface area contributed by atoms with Gasteiger partial charge in [0.25, 0.3) is 5.91 Å². The fraction of sp³-hybridized carbons (Fsp3) is 0.231. The SMILES string of the molecule is CC(C)Cn1c(C(=O)NCc2ccncc2)cc2c(OCc3ccccc3)cccc21. The predicted molar refractivity (Wildman–Crippen MR) is 123 cm³/mol. The van der Waals surface area contributed by atoms with E-state index in [0.717, 1.165) is 34.3 Å². The number of amides is 1. The van der Waals surface area contributed by atoms with Crippen LogP contribution in [0.4, 0.5) is 0 Å². The molecule has 0 saturated carbocycles. The molecule has 2 heterocycles. The number of nitrogens with zero attached hydrogens (tertiary/aromatic N) is 2. The van der Waals surface area contributed by atoms with Crippen LogP contribution in [0.3, 0.4) is 0 Å². The van der Waals surface area contributed by atoms with Crippen LogP contribution in [0.5, 0.6) is 5.75 Å². The maximum Gasteiger partial charge on any atom is 0.268 e. The largest absolute Gasteiger partial charge is 0.488 e. The van der Waals surface area contributed by atoms with Gasteiger partial charge in [0.05, 0.1) is 5.52 Å². The molecule has 2 aromatic carbocycles. The Kier molecular flexibility index (Phi) is 6.32. The Bertz CT molecular complexity index is 1150. The van der Waals surface area contributed by atoms with Crippen LogP contribution in [0.1, 0.15) is 35.5 Å². The van der Waals surface area contributed by atoms with Gasteiger partial charge in [-0.2, -0.15) is 0 Å². The van der Waals surface area contributed by atoms with Crippen molar-refractivity contribution in [3.8, 4) is 5.75 Å². The molecule has 0 bridgehead atoms. The molecular weight excluding hydrogens is 386 g/mol. The molecule has 158 valence electrons. The van der Waals surface area contributed by atoms with Crippen molar-refractivity contribution in [1.82, 2.24) is 14.9 Å². The highest BCUT2D eigenvalue weighted by Crippen LogP contribution is 2.30. The first kappa shape index (κ1) is 20.7. The molecule has 0 spiro atoms. The lowest BCUT2D eigenvalue weighted by atomic mass is 10.2. The monoisotopic (exact) mass is 413 g/mol. The molecule has 0 aliphatic carbocycles. The standard InChI is InChI=1S/C26H27N3O2/c1-19(2)17-29-23-9-6-10-25(31-18-21-7-4-3-5-8-21)22(23)15-24(29)26(30)28-16-20-11-13-27-14-12-20/h3-15,19H,16-18H2,1-2H3,(H,28,30). The van der Waals surface area contributed by atoms with Gasteiger partial charge in [0, 0.05) is 30.9 Å². The quantitative estimate of drug-likeness (QED) is 0.432. The minimum absolute atomic E-state index is 0.0947. The predicted octanol–water partition coefficient (Wildman–Crippen LogP) is 5.20. The summed E-state index contributed by atoms with van der Waals surface area (Å²) in [6, 6.07) is 21.8. The Balaban J connectivity index is 1.63. The van der Waals surface area contributed by atoms with Crippen molar-refractivity contribution in [2.24, 2.45) is 5.92 Å². The van der Waals surface area contributed by atoms with Crippen molar-refractivity contribution in [1.29, 1.82) is 0 Å². The smallest absolute Gasteiger partial charge is 0.268 e. The van der Waals surface area contributed by atoms with E-state index in [1.165, 1.54) is 0 Å². The molecule has 5 nitrogen and oxygen atoms in total. The zero-order valence-corrected chi connectivity index (χ0v) is 17.9. The zero-order valence-electron chi connectivity index (χ0n) is 17.9. The van der Waals surface area contributed by atoms with E-state index in [0.29, 0.717) is 24.8 Å². The van der Waals surface area contributed by atoms with Crippen LogP contribution in [0, 0.1) is 5.92 Å². The number of hydrogen-bond donors (Lipinski definition) is 1. The molecular formula is C26H27N3O2. The van der Waals surface area contributed by atoms with Gasteiger partial charge in [-0.15, -0.1) is 0 Å². The molecule has 5 heteroatoms. The minimum atomic E-state index is -0.0947. The molecule has 4 rings (SSSR count). The lowest BCUT2D eigenvalue weighted by molar-refractivity contribution is 0.0941. The van der Waals surface area contributed by atoms with Crippen LogP contribution in [0.2, 0.25) is 0 Å². The fourth-order valence-electron chi connectivity index (χ4n) is 3.64. The van der Waals surface area contributed by atoms with Crippen molar-refractivity contribution in [3.63, 3.8) is 0 Å². The second-order valence-corrected chi connectivity index (χ2v) is 8.04. The first-order chi connectivity index (χ1) is 15.1. The number of fused-ring (bicyclic) bond motifs is 1. The van der Waals surface area contributed by atoms with Crippen molar-refractivity contribution in [3.05, 3.63) is 95.9 Å². The molecule has 0 radical (unpaired) electrons. The van der Waals surface area contributed by atoms with E-state index in [1.807, 2.05) is 66.7 Å². The number of pyridine rings is 1. The van der Waals surface area contributed by atoms with Crippen LogP contribution in [-0.4, -0.2) is 15.5 Å². The molecule has 0 aliphatic rings. The summed E-state index contributed by atoms with van der Waals surface area (Å²) in [5.74, 6) is 1.09. The highest BCUT2D eigenvalue weighted by Gasteiger charge is 2.18. The molecule has 31 heavy (non-hydrogen) atoms. The van der Waals surface area contributed by atoms with E-state index >= 15 is 0 Å². The molecule has 0 atom stereocenters. The van der Waals surface area contributed by atoms with Crippen molar-refractivity contribution in [2.75, 3.05) is 0 Å². The van der Waals surface area contributed by atoms with Gasteiger partial charge in [0.2, 0.25) is 0 Å². The van der Waals surface area contributed by atoms with Gasteiger partial charge in [-0.05, 0) is 47.4 Å². The van der Waals surface area contributed by atoms with Gasteiger partial charge in [0.1, 0.15) is 18.1 Å². The fourth-order valence-corrected chi connectivity index (χ4v) is 3.64. The first-order valence-corrected chi connectivity index (χ1v) is 10.6. The molecule has 2 aromatic heterocycles. The second kappa shape index (κ2) is 9.47. The molecule has 1 amide bonds. The summed E-state index contributed by atoms with van der Waals surface area (Å²) in [4.78, 5) is 17.1. The highest BCUT2D eigenvalue weighted by atomic mass is 16.5. The second-order valence-electron chi connectivity index (χ2n) is 8.04. The summed E-state index contributed by atoms with van der Waals surface area (Å²) in [6.07, 6.45) is 3.46. The van der Waals surface area contributed by atoms with Crippen LogP contribution in [-0.2, 0) is 19.7 Å². The Morgan fingerprint density at radius 3 is 2.52 bits per heavy atom. The van der Waals surface area contributed by atoms with Crippen LogP contribution < -0.4 is 10.1 Å². The number of nitrogens with one attached hydrogen (secondary N) is 1. The summed E-state index contributed by atoms with van der Waals surface area (Å²) in [5.41, 5.74) is 3.78. The number of carbonyl (C=O) groups excluding carboxylic acids is 1. The third-order valence-corrected chi connectivity index (χ3v) is 5.13. The Labute approximate surface area is 182 Å². The van der Waals surface area contributed by atoms with E-state index < -0.39 is 0 Å². The average Bonchev–Trinajstić information content (AvgIpc) is 3.16. The third kappa shape index (κ3) is 4.94.